The first-order valence-corrected chi connectivity index (χ1v) is 22.3. The average Bonchev–Trinajstić information content (AvgIpc) is 3.82. The lowest BCUT2D eigenvalue weighted by Gasteiger charge is -2.34. The zero-order chi connectivity index (χ0) is 42.7. The van der Waals surface area contributed by atoms with Gasteiger partial charge in [0.05, 0.1) is 11.1 Å². The molecule has 0 aromatic heterocycles. The van der Waals surface area contributed by atoms with Crippen molar-refractivity contribution in [1.82, 2.24) is 0 Å². The molecule has 0 spiro atoms. The van der Waals surface area contributed by atoms with E-state index in [-0.39, 0.29) is 5.41 Å². The summed E-state index contributed by atoms with van der Waals surface area (Å²) in [6.45, 7) is 2.42. The quantitative estimate of drug-likeness (QED) is 0.148. The second-order valence-electron chi connectivity index (χ2n) is 17.3. The van der Waals surface area contributed by atoms with Crippen LogP contribution in [0.4, 0.5) is 17.1 Å². The molecule has 0 bridgehead atoms. The Hall–Kier alpha value is -8.00. The van der Waals surface area contributed by atoms with Gasteiger partial charge < -0.3 is 4.90 Å². The van der Waals surface area contributed by atoms with Crippen molar-refractivity contribution in [2.24, 2.45) is 0 Å². The van der Waals surface area contributed by atoms with Gasteiger partial charge in [-0.15, -0.1) is 0 Å². The Bertz CT molecular complexity index is 3240. The standard InChI is InChI=1S/C63H45N/c1-62(56-32-16-11-27-50(56)51-28-12-17-33-57(51)62)58-34-18-13-29-52(58)54-31-15-20-36-61(54)64(48-39-37-45(38-40-48)44-21-5-2-6-22-44)49-41-42-60-55(43-49)53-30-14-19-35-59(53)63(60,46-23-7-3-8-24-46)47-25-9-4-10-26-47/h2-43H,1H3. The monoisotopic (exact) mass is 815 g/mol. The molecular formula is C63H45N. The smallest absolute Gasteiger partial charge is 0.0713 e. The number of anilines is 3. The molecule has 1 heteroatoms. The number of para-hydroxylation sites is 1. The van der Waals surface area contributed by atoms with Gasteiger partial charge >= 0.3 is 0 Å². The summed E-state index contributed by atoms with van der Waals surface area (Å²) in [5.41, 5.74) is 21.5. The summed E-state index contributed by atoms with van der Waals surface area (Å²) in [6.07, 6.45) is 0. The molecule has 12 rings (SSSR count). The molecule has 10 aromatic rings. The topological polar surface area (TPSA) is 3.24 Å². The lowest BCUT2D eigenvalue weighted by molar-refractivity contribution is 0.716. The Labute approximate surface area is 376 Å². The van der Waals surface area contributed by atoms with Gasteiger partial charge in [0.1, 0.15) is 0 Å². The predicted octanol–water partition coefficient (Wildman–Crippen LogP) is 16.2. The Morgan fingerprint density at radius 2 is 0.656 bits per heavy atom. The molecule has 64 heavy (non-hydrogen) atoms. The minimum Gasteiger partial charge on any atom is -0.310 e. The van der Waals surface area contributed by atoms with Crippen molar-refractivity contribution < 1.29 is 0 Å². The summed E-state index contributed by atoms with van der Waals surface area (Å²) >= 11 is 0. The van der Waals surface area contributed by atoms with Gasteiger partial charge in [-0.3, -0.25) is 0 Å². The third-order valence-corrected chi connectivity index (χ3v) is 14.1. The number of benzene rings is 10. The Morgan fingerprint density at radius 3 is 1.20 bits per heavy atom. The fraction of sp³-hybridized carbons (Fsp3) is 0.0476. The van der Waals surface area contributed by atoms with E-state index in [4.69, 9.17) is 0 Å². The van der Waals surface area contributed by atoms with Crippen molar-refractivity contribution in [2.45, 2.75) is 17.8 Å². The number of hydrogen-bond acceptors (Lipinski definition) is 1. The molecule has 0 amide bonds. The molecular weight excluding hydrogens is 771 g/mol. The molecule has 0 saturated heterocycles. The van der Waals surface area contributed by atoms with Gasteiger partial charge in [-0.1, -0.05) is 224 Å². The molecule has 0 unspecified atom stereocenters. The van der Waals surface area contributed by atoms with Gasteiger partial charge in [-0.05, 0) is 115 Å². The molecule has 0 fully saturated rings. The fourth-order valence-electron chi connectivity index (χ4n) is 11.2. The van der Waals surface area contributed by atoms with E-state index in [1.165, 1.54) is 83.5 Å². The van der Waals surface area contributed by atoms with E-state index in [1.807, 2.05) is 0 Å². The van der Waals surface area contributed by atoms with Gasteiger partial charge in [0.25, 0.3) is 0 Å². The summed E-state index contributed by atoms with van der Waals surface area (Å²) in [7, 11) is 0. The van der Waals surface area contributed by atoms with Crippen LogP contribution < -0.4 is 4.90 Å². The molecule has 10 aromatic carbocycles. The van der Waals surface area contributed by atoms with Crippen molar-refractivity contribution >= 4 is 17.1 Å². The van der Waals surface area contributed by atoms with E-state index in [0.717, 1.165) is 17.1 Å². The summed E-state index contributed by atoms with van der Waals surface area (Å²) in [5, 5.41) is 0. The van der Waals surface area contributed by atoms with Crippen molar-refractivity contribution in [3.8, 4) is 44.5 Å². The largest absolute Gasteiger partial charge is 0.310 e. The van der Waals surface area contributed by atoms with Gasteiger partial charge in [0, 0.05) is 22.4 Å². The maximum atomic E-state index is 2.48. The molecule has 0 saturated carbocycles. The summed E-state index contributed by atoms with van der Waals surface area (Å²) in [5.74, 6) is 0. The normalized spacial score (nSPS) is 13.6. The third-order valence-electron chi connectivity index (χ3n) is 14.1. The van der Waals surface area contributed by atoms with Crippen LogP contribution in [0.3, 0.4) is 0 Å². The molecule has 1 nitrogen and oxygen atoms in total. The SMILES string of the molecule is CC1(c2ccccc2-c2ccccc2N(c2ccc(-c3ccccc3)cc2)c2ccc3c(c2)-c2ccccc2C3(c2ccccc2)c2ccccc2)c2ccccc2-c2ccccc21. The first-order valence-electron chi connectivity index (χ1n) is 22.3. The predicted molar refractivity (Wildman–Crippen MR) is 267 cm³/mol. The van der Waals surface area contributed by atoms with Crippen LogP contribution >= 0.6 is 0 Å². The Morgan fingerprint density at radius 1 is 0.281 bits per heavy atom. The van der Waals surface area contributed by atoms with Crippen molar-refractivity contribution in [2.75, 3.05) is 4.90 Å². The van der Waals surface area contributed by atoms with E-state index in [9.17, 15) is 0 Å². The van der Waals surface area contributed by atoms with Crippen molar-refractivity contribution in [3.05, 3.63) is 294 Å². The zero-order valence-electron chi connectivity index (χ0n) is 35.7. The van der Waals surface area contributed by atoms with Gasteiger partial charge in [-0.25, -0.2) is 0 Å². The molecule has 302 valence electrons. The molecule has 0 heterocycles. The van der Waals surface area contributed by atoms with Crippen LogP contribution in [0, 0.1) is 0 Å². The van der Waals surface area contributed by atoms with E-state index in [1.54, 1.807) is 0 Å². The van der Waals surface area contributed by atoms with Crippen molar-refractivity contribution in [1.29, 1.82) is 0 Å². The van der Waals surface area contributed by atoms with Crippen LogP contribution in [0.15, 0.2) is 255 Å². The van der Waals surface area contributed by atoms with Crippen LogP contribution in [-0.2, 0) is 10.8 Å². The molecule has 0 atom stereocenters. The molecule has 0 radical (unpaired) electrons. The van der Waals surface area contributed by atoms with Gasteiger partial charge in [0.15, 0.2) is 0 Å². The zero-order valence-corrected chi connectivity index (χ0v) is 35.7. The van der Waals surface area contributed by atoms with E-state index in [0.29, 0.717) is 0 Å². The van der Waals surface area contributed by atoms with E-state index < -0.39 is 5.41 Å². The highest BCUT2D eigenvalue weighted by molar-refractivity contribution is 5.95. The second kappa shape index (κ2) is 15.1. The maximum absolute atomic E-state index is 2.48. The van der Waals surface area contributed by atoms with Crippen molar-refractivity contribution in [3.63, 3.8) is 0 Å². The molecule has 2 aliphatic carbocycles. The van der Waals surface area contributed by atoms with Crippen LogP contribution in [0.5, 0.6) is 0 Å². The Balaban J connectivity index is 1.09. The van der Waals surface area contributed by atoms with Crippen LogP contribution in [0.1, 0.15) is 45.9 Å². The number of nitrogens with zero attached hydrogens (tertiary/aromatic N) is 1. The summed E-state index contributed by atoms with van der Waals surface area (Å²) < 4.78 is 0. The summed E-state index contributed by atoms with van der Waals surface area (Å²) in [6, 6.07) is 94.1. The van der Waals surface area contributed by atoms with Crippen LogP contribution in [0.2, 0.25) is 0 Å². The average molecular weight is 816 g/mol. The first kappa shape index (κ1) is 37.7. The number of rotatable bonds is 8. The molecule has 2 aliphatic rings. The Kier molecular flexibility index (Phi) is 8.91. The highest BCUT2D eigenvalue weighted by Gasteiger charge is 2.46. The van der Waals surface area contributed by atoms with Gasteiger partial charge in [-0.2, -0.15) is 0 Å². The first-order chi connectivity index (χ1) is 31.7. The number of hydrogen-bond donors (Lipinski definition) is 0. The molecule has 0 N–H and O–H groups in total. The van der Waals surface area contributed by atoms with Crippen LogP contribution in [0.25, 0.3) is 44.5 Å². The minimum atomic E-state index is -0.477. The molecule has 0 aliphatic heterocycles. The summed E-state index contributed by atoms with van der Waals surface area (Å²) in [4.78, 5) is 2.48. The lowest BCUT2D eigenvalue weighted by atomic mass is 9.68. The van der Waals surface area contributed by atoms with Gasteiger partial charge in [0.2, 0.25) is 0 Å². The fourth-order valence-corrected chi connectivity index (χ4v) is 11.2. The maximum Gasteiger partial charge on any atom is 0.0713 e. The number of fused-ring (bicyclic) bond motifs is 6. The van der Waals surface area contributed by atoms with E-state index >= 15 is 0 Å². The second-order valence-corrected chi connectivity index (χ2v) is 17.3. The highest BCUT2D eigenvalue weighted by Crippen LogP contribution is 2.58. The van der Waals surface area contributed by atoms with Crippen LogP contribution in [-0.4, -0.2) is 0 Å². The van der Waals surface area contributed by atoms with E-state index in [2.05, 4.69) is 267 Å². The minimum absolute atomic E-state index is 0.367. The third kappa shape index (κ3) is 5.64. The highest BCUT2D eigenvalue weighted by atomic mass is 15.1. The lowest BCUT2D eigenvalue weighted by Crippen LogP contribution is -2.28.